The number of hydrogen-bond donors (Lipinski definition) is 0. The maximum Gasteiger partial charge on any atom is 0.265 e. The van der Waals surface area contributed by atoms with Crippen molar-refractivity contribution in [3.05, 3.63) is 82.7 Å². The van der Waals surface area contributed by atoms with Crippen molar-refractivity contribution in [3.63, 3.8) is 0 Å². The van der Waals surface area contributed by atoms with Crippen molar-refractivity contribution in [3.8, 4) is 23.8 Å². The molecule has 7 rings (SSSR count). The van der Waals surface area contributed by atoms with Gasteiger partial charge in [-0.3, -0.25) is 28.9 Å². The van der Waals surface area contributed by atoms with E-state index in [4.69, 9.17) is 55.4 Å². The van der Waals surface area contributed by atoms with Crippen LogP contribution >= 0.6 is 34.8 Å². The number of para-hydroxylation sites is 3. The van der Waals surface area contributed by atoms with Gasteiger partial charge < -0.3 is 24.0 Å². The molecule has 2 atom stereocenters. The molecule has 0 bridgehead atoms. The maximum atomic E-state index is 14.7. The van der Waals surface area contributed by atoms with Crippen LogP contribution in [0.3, 0.4) is 0 Å². The molecule has 3 aliphatic heterocycles. The van der Waals surface area contributed by atoms with Crippen LogP contribution in [0.5, 0.6) is 11.5 Å². The number of alkyl halides is 3. The fourth-order valence-corrected chi connectivity index (χ4v) is 8.01. The quantitative estimate of drug-likeness (QED) is 0.122. The number of aryl methyl sites for hydroxylation is 2. The van der Waals surface area contributed by atoms with Gasteiger partial charge >= 0.3 is 0 Å². The fraction of sp³-hybridized carbons (Fsp3) is 0.400. The molecule has 12 nitrogen and oxygen atoms in total. The SMILES string of the molecule is C#CCN1C(=O)COc2cc(F)c(N3C(=O)C4=C(CCCC4)C3=O)cc21.CC1COc2ccccc2N1C(=O)C(Cl)Cl.CCc1cccc(C)c1N(C(=O)CCl)C(C)COC. The summed E-state index contributed by atoms with van der Waals surface area (Å²) in [5.41, 5.74) is 4.92. The molecule has 5 amide bonds. The molecule has 0 N–H and O–H groups in total. The van der Waals surface area contributed by atoms with E-state index in [0.29, 0.717) is 43.0 Å². The zero-order valence-electron chi connectivity index (χ0n) is 34.6. The largest absolute Gasteiger partial charge is 0.489 e. The van der Waals surface area contributed by atoms with Gasteiger partial charge in [0, 0.05) is 24.3 Å². The van der Waals surface area contributed by atoms with E-state index in [2.05, 4.69) is 18.9 Å². The predicted molar refractivity (Wildman–Crippen MR) is 236 cm³/mol. The van der Waals surface area contributed by atoms with E-state index in [-0.39, 0.29) is 66.0 Å². The van der Waals surface area contributed by atoms with Crippen LogP contribution in [-0.2, 0) is 35.1 Å². The summed E-state index contributed by atoms with van der Waals surface area (Å²) in [7, 11) is 1.64. The first-order chi connectivity index (χ1) is 29.2. The van der Waals surface area contributed by atoms with Gasteiger partial charge in [0.1, 0.15) is 24.0 Å². The number of ether oxygens (including phenoxy) is 3. The summed E-state index contributed by atoms with van der Waals surface area (Å²) in [6.07, 6.45) is 8.89. The van der Waals surface area contributed by atoms with Crippen LogP contribution in [0.25, 0.3) is 0 Å². The van der Waals surface area contributed by atoms with Gasteiger partial charge in [-0.05, 0) is 82.2 Å². The molecule has 16 heteroatoms. The standard InChI is InChI=1S/C19H15FN2O4.C15H22ClNO2.C11H11Cl2NO2/c1-2-7-21-15-9-14(13(20)8-16(15)26-10-17(21)23)22-18(24)11-5-3-4-6-12(11)19(22)25;1-5-13-8-6-7-11(2)15(13)17(14(18)9-16)12(3)10-19-4;1-7-6-16-9-5-3-2-4-8(9)14(7)11(15)10(12)13/h1,8-9H,3-7,10H2;6-8,12H,5,9-10H2,1-4H3;2-5,7,10H,6H2,1H3. The summed E-state index contributed by atoms with van der Waals surface area (Å²) in [4.78, 5) is 65.9. The van der Waals surface area contributed by atoms with Crippen molar-refractivity contribution in [1.29, 1.82) is 0 Å². The third-order valence-corrected chi connectivity index (χ3v) is 11.1. The highest BCUT2D eigenvalue weighted by molar-refractivity contribution is 6.54. The molecule has 0 aromatic heterocycles. The van der Waals surface area contributed by atoms with Gasteiger partial charge in [0.15, 0.2) is 17.3 Å². The number of anilines is 4. The number of terminal acetylenes is 1. The number of carbonyl (C=O) groups excluding carboxylic acids is 5. The van der Waals surface area contributed by atoms with Crippen LogP contribution in [0.15, 0.2) is 65.7 Å². The summed E-state index contributed by atoms with van der Waals surface area (Å²) in [5, 5.41) is 0. The van der Waals surface area contributed by atoms with E-state index in [1.54, 1.807) is 16.9 Å². The third kappa shape index (κ3) is 10.2. The highest BCUT2D eigenvalue weighted by Crippen LogP contribution is 2.42. The number of benzene rings is 3. The molecule has 324 valence electrons. The van der Waals surface area contributed by atoms with Crippen molar-refractivity contribution in [1.82, 2.24) is 0 Å². The van der Waals surface area contributed by atoms with Crippen molar-refractivity contribution in [2.75, 3.05) is 59.0 Å². The normalized spacial score (nSPS) is 17.1. The number of hydrogen-bond acceptors (Lipinski definition) is 8. The third-order valence-electron chi connectivity index (χ3n) is 10.5. The Morgan fingerprint density at radius 2 is 1.66 bits per heavy atom. The lowest BCUT2D eigenvalue weighted by Crippen LogP contribution is -2.47. The first kappa shape index (κ1) is 46.9. The van der Waals surface area contributed by atoms with Crippen molar-refractivity contribution in [2.45, 2.75) is 76.7 Å². The number of amides is 5. The molecule has 3 aromatic carbocycles. The number of imide groups is 1. The molecule has 0 radical (unpaired) electrons. The predicted octanol–water partition coefficient (Wildman–Crippen LogP) is 7.70. The Bertz CT molecular complexity index is 2220. The smallest absolute Gasteiger partial charge is 0.265 e. The van der Waals surface area contributed by atoms with Gasteiger partial charge in [-0.25, -0.2) is 9.29 Å². The van der Waals surface area contributed by atoms with Gasteiger partial charge in [-0.2, -0.15) is 0 Å². The molecular formula is C45H48Cl3FN4O8. The van der Waals surface area contributed by atoms with E-state index in [0.717, 1.165) is 52.7 Å². The zero-order chi connectivity index (χ0) is 44.5. The summed E-state index contributed by atoms with van der Waals surface area (Å²) in [5.74, 6) is 0.666. The minimum absolute atomic E-state index is 0.0170. The molecular weight excluding hydrogens is 850 g/mol. The highest BCUT2D eigenvalue weighted by atomic mass is 35.5. The number of methoxy groups -OCH3 is 1. The molecule has 3 heterocycles. The monoisotopic (exact) mass is 896 g/mol. The number of nitrogens with zero attached hydrogens (tertiary/aromatic N) is 4. The summed E-state index contributed by atoms with van der Waals surface area (Å²) in [6, 6.07) is 15.7. The van der Waals surface area contributed by atoms with Crippen molar-refractivity contribution < 1.29 is 42.6 Å². The average molecular weight is 898 g/mol. The second-order valence-corrected chi connectivity index (χ2v) is 16.0. The Labute approximate surface area is 370 Å². The summed E-state index contributed by atoms with van der Waals surface area (Å²) in [6.45, 7) is 8.64. The van der Waals surface area contributed by atoms with Gasteiger partial charge in [0.25, 0.3) is 23.6 Å². The topological polar surface area (TPSA) is 126 Å². The Morgan fingerprint density at radius 1 is 0.984 bits per heavy atom. The fourth-order valence-electron chi connectivity index (χ4n) is 7.67. The molecule has 1 aliphatic carbocycles. The van der Waals surface area contributed by atoms with E-state index in [1.807, 2.05) is 57.2 Å². The van der Waals surface area contributed by atoms with E-state index in [1.165, 1.54) is 11.0 Å². The van der Waals surface area contributed by atoms with E-state index < -0.39 is 22.5 Å². The molecule has 61 heavy (non-hydrogen) atoms. The first-order valence-corrected chi connectivity index (χ1v) is 21.2. The Morgan fingerprint density at radius 3 is 2.26 bits per heavy atom. The maximum absolute atomic E-state index is 14.7. The molecule has 4 aliphatic rings. The summed E-state index contributed by atoms with van der Waals surface area (Å²) >= 11 is 17.0. The first-order valence-electron chi connectivity index (χ1n) is 19.8. The van der Waals surface area contributed by atoms with Crippen LogP contribution in [-0.4, -0.2) is 85.8 Å². The minimum Gasteiger partial charge on any atom is -0.489 e. The second kappa shape index (κ2) is 21.1. The Balaban J connectivity index is 0.000000180. The number of fused-ring (bicyclic) bond motifs is 2. The van der Waals surface area contributed by atoms with Gasteiger partial charge in [0.05, 0.1) is 48.0 Å². The molecule has 0 saturated heterocycles. The van der Waals surface area contributed by atoms with E-state index in [9.17, 15) is 28.4 Å². The molecule has 3 aromatic rings. The summed E-state index contributed by atoms with van der Waals surface area (Å²) < 4.78 is 30.6. The average Bonchev–Trinajstić information content (AvgIpc) is 3.50. The molecule has 2 unspecified atom stereocenters. The second-order valence-electron chi connectivity index (χ2n) is 14.6. The van der Waals surface area contributed by atoms with Crippen LogP contribution in [0, 0.1) is 25.1 Å². The van der Waals surface area contributed by atoms with Crippen LogP contribution in [0.1, 0.15) is 57.6 Å². The van der Waals surface area contributed by atoms with Crippen molar-refractivity contribution in [2.24, 2.45) is 0 Å². The lowest BCUT2D eigenvalue weighted by Gasteiger charge is -2.35. The molecule has 0 fully saturated rings. The lowest BCUT2D eigenvalue weighted by atomic mass is 9.93. The van der Waals surface area contributed by atoms with Crippen LogP contribution < -0.4 is 29.1 Å². The molecule has 0 saturated carbocycles. The Kier molecular flexibility index (Phi) is 16.2. The van der Waals surface area contributed by atoms with Gasteiger partial charge in [-0.1, -0.05) is 66.4 Å². The number of halogens is 4. The van der Waals surface area contributed by atoms with Gasteiger partial charge in [0.2, 0.25) is 5.91 Å². The minimum atomic E-state index is -1.05. The zero-order valence-corrected chi connectivity index (χ0v) is 36.9. The number of rotatable bonds is 9. The van der Waals surface area contributed by atoms with Crippen LogP contribution in [0.4, 0.5) is 27.1 Å². The molecule has 0 spiro atoms. The van der Waals surface area contributed by atoms with Gasteiger partial charge in [-0.15, -0.1) is 18.0 Å². The van der Waals surface area contributed by atoms with E-state index >= 15 is 0 Å². The number of carbonyl (C=O) groups is 5. The Hall–Kier alpha value is -5.13. The highest BCUT2D eigenvalue weighted by Gasteiger charge is 2.42. The van der Waals surface area contributed by atoms with Crippen LogP contribution in [0.2, 0.25) is 0 Å². The lowest BCUT2D eigenvalue weighted by molar-refractivity contribution is -0.121. The van der Waals surface area contributed by atoms with Crippen molar-refractivity contribution >= 4 is 87.1 Å².